The van der Waals surface area contributed by atoms with E-state index in [2.05, 4.69) is 13.8 Å². The van der Waals surface area contributed by atoms with Gasteiger partial charge in [-0.05, 0) is 43.9 Å². The molecule has 31 heavy (non-hydrogen) atoms. The van der Waals surface area contributed by atoms with Crippen LogP contribution in [-0.4, -0.2) is 59.8 Å². The number of carbonyl (C=O) groups is 2. The minimum atomic E-state index is -1.96. The Morgan fingerprint density at radius 1 is 1.26 bits per heavy atom. The number of Topliss-reactive ketones (excluding diaryl/α,β-unsaturated/α-hetero) is 1. The third-order valence-electron chi connectivity index (χ3n) is 9.65. The van der Waals surface area contributed by atoms with Crippen LogP contribution < -0.4 is 0 Å². The summed E-state index contributed by atoms with van der Waals surface area (Å²) in [5.74, 6) is -3.43. The van der Waals surface area contributed by atoms with Gasteiger partial charge in [-0.3, -0.25) is 9.59 Å². The lowest BCUT2D eigenvalue weighted by atomic mass is 9.36. The molecule has 4 saturated carbocycles. The second kappa shape index (κ2) is 6.75. The molecule has 6 aliphatic rings. The Morgan fingerprint density at radius 3 is 2.68 bits per heavy atom. The van der Waals surface area contributed by atoms with Crippen LogP contribution in [-0.2, 0) is 23.8 Å². The Balaban J connectivity index is 1.70. The molecule has 6 rings (SSSR count). The molecular formula is C24H36O7. The molecule has 7 nitrogen and oxygen atoms in total. The summed E-state index contributed by atoms with van der Waals surface area (Å²) >= 11 is 0. The van der Waals surface area contributed by atoms with Gasteiger partial charge < -0.3 is 24.4 Å². The molecule has 7 heteroatoms. The van der Waals surface area contributed by atoms with Crippen LogP contribution in [0.1, 0.15) is 59.8 Å². The number of hydrogen-bond donors (Lipinski definition) is 2. The van der Waals surface area contributed by atoms with E-state index in [0.29, 0.717) is 19.4 Å². The fourth-order valence-corrected chi connectivity index (χ4v) is 8.93. The summed E-state index contributed by atoms with van der Waals surface area (Å²) < 4.78 is 17.7. The lowest BCUT2D eigenvalue weighted by Crippen LogP contribution is -2.83. The Hall–Kier alpha value is -1.02. The number of carbonyl (C=O) groups excluding carboxylic acids is 2. The van der Waals surface area contributed by atoms with Crippen molar-refractivity contribution in [1.29, 1.82) is 0 Å². The molecule has 6 fully saturated rings. The molecule has 0 radical (unpaired) electrons. The first kappa shape index (κ1) is 21.8. The van der Waals surface area contributed by atoms with E-state index >= 15 is 0 Å². The molecule has 2 aliphatic heterocycles. The zero-order chi connectivity index (χ0) is 22.4. The molecule has 2 spiro atoms. The number of aliphatic hydroxyl groups is 2. The number of ether oxygens (including phenoxy) is 3. The second-order valence-electron chi connectivity index (χ2n) is 11.4. The highest BCUT2D eigenvalue weighted by molar-refractivity contribution is 5.92. The molecule has 4 bridgehead atoms. The minimum absolute atomic E-state index is 0.0646. The quantitative estimate of drug-likeness (QED) is 0.651. The van der Waals surface area contributed by atoms with Crippen molar-refractivity contribution in [1.82, 2.24) is 0 Å². The van der Waals surface area contributed by atoms with Gasteiger partial charge in [0.1, 0.15) is 12.2 Å². The van der Waals surface area contributed by atoms with Crippen LogP contribution in [0, 0.1) is 39.9 Å². The van der Waals surface area contributed by atoms with E-state index in [1.54, 1.807) is 0 Å². The van der Waals surface area contributed by atoms with E-state index in [0.717, 1.165) is 19.3 Å². The Morgan fingerprint density at radius 2 is 2.00 bits per heavy atom. The third kappa shape index (κ3) is 2.49. The van der Waals surface area contributed by atoms with Crippen LogP contribution in [0.2, 0.25) is 0 Å². The number of fused-ring (bicyclic) bond motifs is 2. The summed E-state index contributed by atoms with van der Waals surface area (Å²) in [4.78, 5) is 26.2. The minimum Gasteiger partial charge on any atom is -0.462 e. The fraction of sp³-hybridized carbons (Fsp3) is 0.917. The topological polar surface area (TPSA) is 102 Å². The normalized spacial score (nSPS) is 51.9. The van der Waals surface area contributed by atoms with Gasteiger partial charge in [0.15, 0.2) is 5.78 Å². The zero-order valence-electron chi connectivity index (χ0n) is 19.1. The standard InChI is InChI=1S/C24H36O7/c1-5-29-11-15-14-9-16(31-13(2)25)17-22-8-6-7-21(3,4)18(22)20(27)24(28,30-12-22)23(17,10-14)19(15)26/h14-18,20,27-28H,5-12H2,1-4H3/t14-,15-,16-,17+,18-,20+,22-,23+,24-/m1/s1. The van der Waals surface area contributed by atoms with Crippen molar-refractivity contribution in [2.45, 2.75) is 77.8 Å². The highest BCUT2D eigenvalue weighted by Gasteiger charge is 2.85. The first-order valence-corrected chi connectivity index (χ1v) is 11.9. The smallest absolute Gasteiger partial charge is 0.302 e. The number of hydrogen-bond acceptors (Lipinski definition) is 7. The lowest BCUT2D eigenvalue weighted by Gasteiger charge is -2.74. The van der Waals surface area contributed by atoms with Crippen molar-refractivity contribution in [2.24, 2.45) is 39.9 Å². The van der Waals surface area contributed by atoms with Gasteiger partial charge in [-0.2, -0.15) is 0 Å². The second-order valence-corrected chi connectivity index (χ2v) is 11.4. The average molecular weight is 437 g/mol. The Labute approximate surface area is 183 Å². The molecule has 0 unspecified atom stereocenters. The van der Waals surface area contributed by atoms with Gasteiger partial charge in [0.2, 0.25) is 5.79 Å². The SMILES string of the molecule is CCOC[C@H]1C(=O)[C@]23C[C@H]1C[C@@H](OC(C)=O)[C@H]2[C@]12CCCC(C)(C)[C@H]1[C@H](O)[C@@]3(O)OC2. The van der Waals surface area contributed by atoms with Crippen molar-refractivity contribution in [3.8, 4) is 0 Å². The van der Waals surface area contributed by atoms with E-state index < -0.39 is 28.8 Å². The summed E-state index contributed by atoms with van der Waals surface area (Å²) in [5, 5.41) is 23.6. The average Bonchev–Trinajstić information content (AvgIpc) is 2.89. The van der Waals surface area contributed by atoms with Crippen molar-refractivity contribution >= 4 is 11.8 Å². The van der Waals surface area contributed by atoms with Crippen molar-refractivity contribution in [3.63, 3.8) is 0 Å². The molecule has 0 aromatic rings. The van der Waals surface area contributed by atoms with Crippen LogP contribution in [0.5, 0.6) is 0 Å². The van der Waals surface area contributed by atoms with Gasteiger partial charge in [0.25, 0.3) is 0 Å². The van der Waals surface area contributed by atoms with Gasteiger partial charge in [-0.15, -0.1) is 0 Å². The van der Waals surface area contributed by atoms with E-state index in [9.17, 15) is 19.8 Å². The number of rotatable bonds is 4. The van der Waals surface area contributed by atoms with Gasteiger partial charge in [-0.25, -0.2) is 0 Å². The van der Waals surface area contributed by atoms with Gasteiger partial charge in [0, 0.05) is 36.7 Å². The molecule has 9 atom stereocenters. The molecule has 0 aromatic heterocycles. The highest BCUT2D eigenvalue weighted by atomic mass is 16.6. The molecule has 2 saturated heterocycles. The van der Waals surface area contributed by atoms with Crippen LogP contribution in [0.25, 0.3) is 0 Å². The van der Waals surface area contributed by atoms with E-state index in [1.165, 1.54) is 6.92 Å². The maximum absolute atomic E-state index is 14.1. The predicted octanol–water partition coefficient (Wildman–Crippen LogP) is 2.07. The van der Waals surface area contributed by atoms with Crippen LogP contribution >= 0.6 is 0 Å². The van der Waals surface area contributed by atoms with Crippen molar-refractivity contribution in [2.75, 3.05) is 19.8 Å². The first-order valence-electron chi connectivity index (χ1n) is 11.9. The molecule has 4 aliphatic carbocycles. The molecule has 174 valence electrons. The van der Waals surface area contributed by atoms with Crippen LogP contribution in [0.15, 0.2) is 0 Å². The zero-order valence-corrected chi connectivity index (χ0v) is 19.1. The van der Waals surface area contributed by atoms with Crippen molar-refractivity contribution in [3.05, 3.63) is 0 Å². The summed E-state index contributed by atoms with van der Waals surface area (Å²) in [6.07, 6.45) is 2.12. The van der Waals surface area contributed by atoms with Gasteiger partial charge >= 0.3 is 5.97 Å². The van der Waals surface area contributed by atoms with Crippen LogP contribution in [0.4, 0.5) is 0 Å². The third-order valence-corrected chi connectivity index (χ3v) is 9.65. The molecular weight excluding hydrogens is 400 g/mol. The monoisotopic (exact) mass is 436 g/mol. The fourth-order valence-electron chi connectivity index (χ4n) is 8.93. The molecule has 2 N–H and O–H groups in total. The van der Waals surface area contributed by atoms with E-state index in [4.69, 9.17) is 14.2 Å². The van der Waals surface area contributed by atoms with E-state index in [-0.39, 0.29) is 54.1 Å². The van der Waals surface area contributed by atoms with Crippen LogP contribution in [0.3, 0.4) is 0 Å². The van der Waals surface area contributed by atoms with Crippen molar-refractivity contribution < 1.29 is 34.0 Å². The summed E-state index contributed by atoms with van der Waals surface area (Å²) in [7, 11) is 0. The number of esters is 1. The van der Waals surface area contributed by atoms with Gasteiger partial charge in [-0.1, -0.05) is 20.3 Å². The molecule has 0 amide bonds. The Bertz CT molecular complexity index is 795. The first-order chi connectivity index (χ1) is 14.5. The maximum atomic E-state index is 14.1. The summed E-state index contributed by atoms with van der Waals surface area (Å²) in [6.45, 7) is 8.65. The van der Waals surface area contributed by atoms with E-state index in [1.807, 2.05) is 6.92 Å². The largest absolute Gasteiger partial charge is 0.462 e. The molecule has 2 heterocycles. The summed E-state index contributed by atoms with van der Waals surface area (Å²) in [5.41, 5.74) is -1.99. The summed E-state index contributed by atoms with van der Waals surface area (Å²) in [6, 6.07) is 0. The maximum Gasteiger partial charge on any atom is 0.302 e. The predicted molar refractivity (Wildman–Crippen MR) is 110 cm³/mol. The number of aliphatic hydroxyl groups excluding tert-OH is 1. The number of ketones is 1. The highest BCUT2D eigenvalue weighted by Crippen LogP contribution is 2.76. The lowest BCUT2D eigenvalue weighted by molar-refractivity contribution is -0.445. The molecule has 0 aromatic carbocycles. The Kier molecular flexibility index (Phi) is 4.75. The van der Waals surface area contributed by atoms with Gasteiger partial charge in [0.05, 0.1) is 18.6 Å².